The van der Waals surface area contributed by atoms with Gasteiger partial charge in [0.25, 0.3) is 0 Å². The molecule has 0 bridgehead atoms. The Balaban J connectivity index is 1.58. The second-order valence-corrected chi connectivity index (χ2v) is 7.48. The van der Waals surface area contributed by atoms with Gasteiger partial charge in [-0.3, -0.25) is 5.43 Å². The molecule has 3 N–H and O–H groups in total. The molecule has 0 spiro atoms. The number of methoxy groups -OCH3 is 1. The van der Waals surface area contributed by atoms with Crippen molar-refractivity contribution in [3.63, 3.8) is 0 Å². The zero-order valence-electron chi connectivity index (χ0n) is 18.4. The Hall–Kier alpha value is -4.83. The molecule has 1 atom stereocenters. The monoisotopic (exact) mass is 450 g/mol. The van der Waals surface area contributed by atoms with E-state index in [-0.39, 0.29) is 11.1 Å². The van der Waals surface area contributed by atoms with Gasteiger partial charge in [0.1, 0.15) is 11.9 Å². The number of carboxylic acids is 1. The molecule has 3 aromatic carbocycles. The highest BCUT2D eigenvalue weighted by atomic mass is 16.5. The van der Waals surface area contributed by atoms with E-state index in [4.69, 9.17) is 4.74 Å². The standard InChI is InChI=1S/C27H22N4O3/c1-34-22-13-7-18(8-14-22)17-29-31-26-24(16-28)23(27(32)33)15-25(30-26)21-11-9-20(10-12-21)19-5-3-2-4-6-19/h2-15,17,26,30-31H,1H3,(H,32,33)/b29-17+. The Morgan fingerprint density at radius 3 is 2.29 bits per heavy atom. The first-order valence-electron chi connectivity index (χ1n) is 10.5. The normalized spacial score (nSPS) is 15.3. The number of hydrogen-bond donors (Lipinski definition) is 3. The molecule has 4 rings (SSSR count). The minimum absolute atomic E-state index is 0.0454. The topological polar surface area (TPSA) is 107 Å². The summed E-state index contributed by atoms with van der Waals surface area (Å²) in [4.78, 5) is 11.9. The Kier molecular flexibility index (Phi) is 6.70. The second-order valence-electron chi connectivity index (χ2n) is 7.48. The lowest BCUT2D eigenvalue weighted by atomic mass is 9.97. The molecular formula is C27H22N4O3. The highest BCUT2D eigenvalue weighted by Crippen LogP contribution is 2.26. The quantitative estimate of drug-likeness (QED) is 0.369. The average molecular weight is 450 g/mol. The van der Waals surface area contributed by atoms with Crippen LogP contribution in [0, 0.1) is 11.3 Å². The fourth-order valence-corrected chi connectivity index (χ4v) is 3.56. The molecule has 34 heavy (non-hydrogen) atoms. The van der Waals surface area contributed by atoms with E-state index in [1.54, 1.807) is 13.3 Å². The van der Waals surface area contributed by atoms with E-state index in [2.05, 4.69) is 15.8 Å². The summed E-state index contributed by atoms with van der Waals surface area (Å²) in [6.45, 7) is 0. The van der Waals surface area contributed by atoms with Crippen LogP contribution in [0.5, 0.6) is 5.75 Å². The maximum atomic E-state index is 11.9. The van der Waals surface area contributed by atoms with E-state index >= 15 is 0 Å². The van der Waals surface area contributed by atoms with Crippen molar-refractivity contribution in [3.05, 3.63) is 107 Å². The van der Waals surface area contributed by atoms with Crippen molar-refractivity contribution in [2.45, 2.75) is 6.17 Å². The predicted molar refractivity (Wildman–Crippen MR) is 131 cm³/mol. The molecule has 0 saturated heterocycles. The number of hydrogen-bond acceptors (Lipinski definition) is 6. The van der Waals surface area contributed by atoms with Gasteiger partial charge in [-0.2, -0.15) is 10.4 Å². The maximum absolute atomic E-state index is 11.9. The van der Waals surface area contributed by atoms with Crippen molar-refractivity contribution >= 4 is 17.9 Å². The van der Waals surface area contributed by atoms with Crippen LogP contribution in [0.1, 0.15) is 11.1 Å². The molecule has 0 aliphatic carbocycles. The Labute approximate surface area is 197 Å². The fraction of sp³-hybridized carbons (Fsp3) is 0.0741. The van der Waals surface area contributed by atoms with Crippen LogP contribution in [0.15, 0.2) is 101 Å². The molecule has 7 nitrogen and oxygen atoms in total. The van der Waals surface area contributed by atoms with Gasteiger partial charge in [0.05, 0.1) is 30.5 Å². The van der Waals surface area contributed by atoms with Gasteiger partial charge in [-0.1, -0.05) is 54.6 Å². The molecule has 0 aromatic heterocycles. The first-order valence-corrected chi connectivity index (χ1v) is 10.5. The summed E-state index contributed by atoms with van der Waals surface area (Å²) < 4.78 is 5.14. The van der Waals surface area contributed by atoms with Gasteiger partial charge >= 0.3 is 5.97 Å². The molecule has 1 heterocycles. The minimum atomic E-state index is -1.18. The SMILES string of the molecule is COc1ccc(/C=N/NC2NC(c3ccc(-c4ccccc4)cc3)=CC(C(=O)O)=C2C#N)cc1. The van der Waals surface area contributed by atoms with E-state index in [0.29, 0.717) is 5.70 Å². The maximum Gasteiger partial charge on any atom is 0.336 e. The van der Waals surface area contributed by atoms with Gasteiger partial charge in [0.15, 0.2) is 0 Å². The van der Waals surface area contributed by atoms with Crippen molar-refractivity contribution in [3.8, 4) is 22.9 Å². The number of nitrogens with one attached hydrogen (secondary N) is 2. The molecule has 7 heteroatoms. The van der Waals surface area contributed by atoms with Crippen molar-refractivity contribution in [1.29, 1.82) is 5.26 Å². The molecule has 1 aliphatic rings. The third kappa shape index (κ3) is 4.97. The summed E-state index contributed by atoms with van der Waals surface area (Å²) in [5.74, 6) is -0.449. The molecule has 0 saturated carbocycles. The largest absolute Gasteiger partial charge is 0.497 e. The number of aliphatic carboxylic acids is 1. The number of hydrazone groups is 1. The molecule has 1 unspecified atom stereocenters. The van der Waals surface area contributed by atoms with E-state index in [0.717, 1.165) is 28.0 Å². The summed E-state index contributed by atoms with van der Waals surface area (Å²) in [7, 11) is 1.59. The molecule has 0 amide bonds. The Morgan fingerprint density at radius 2 is 1.68 bits per heavy atom. The lowest BCUT2D eigenvalue weighted by Crippen LogP contribution is -2.43. The van der Waals surface area contributed by atoms with Crippen LogP contribution in [0.25, 0.3) is 16.8 Å². The highest BCUT2D eigenvalue weighted by molar-refractivity contribution is 5.95. The number of nitrogens with zero attached hydrogens (tertiary/aromatic N) is 2. The third-order valence-electron chi connectivity index (χ3n) is 5.35. The summed E-state index contributed by atoms with van der Waals surface area (Å²) >= 11 is 0. The molecule has 1 aliphatic heterocycles. The lowest BCUT2D eigenvalue weighted by molar-refractivity contribution is -0.132. The summed E-state index contributed by atoms with van der Waals surface area (Å²) in [6, 6.07) is 27.0. The van der Waals surface area contributed by atoms with Gasteiger partial charge in [-0.25, -0.2) is 4.79 Å². The minimum Gasteiger partial charge on any atom is -0.497 e. The second kappa shape index (κ2) is 10.2. The predicted octanol–water partition coefficient (Wildman–Crippen LogP) is 4.16. The number of carboxylic acid groups (broad SMARTS) is 1. The van der Waals surface area contributed by atoms with Crippen LogP contribution in [0.2, 0.25) is 0 Å². The fourth-order valence-electron chi connectivity index (χ4n) is 3.56. The van der Waals surface area contributed by atoms with Crippen LogP contribution >= 0.6 is 0 Å². The average Bonchev–Trinajstić information content (AvgIpc) is 2.89. The van der Waals surface area contributed by atoms with Crippen LogP contribution in [-0.4, -0.2) is 30.6 Å². The first-order chi connectivity index (χ1) is 16.6. The smallest absolute Gasteiger partial charge is 0.336 e. The van der Waals surface area contributed by atoms with Crippen LogP contribution in [0.4, 0.5) is 0 Å². The molecule has 0 fully saturated rings. The van der Waals surface area contributed by atoms with Gasteiger partial charge < -0.3 is 15.2 Å². The van der Waals surface area contributed by atoms with Crippen LogP contribution in [-0.2, 0) is 4.79 Å². The van der Waals surface area contributed by atoms with Crippen molar-refractivity contribution < 1.29 is 14.6 Å². The highest BCUT2D eigenvalue weighted by Gasteiger charge is 2.27. The number of rotatable bonds is 7. The number of benzene rings is 3. The van der Waals surface area contributed by atoms with E-state index in [1.165, 1.54) is 6.08 Å². The number of carbonyl (C=O) groups is 1. The molecule has 168 valence electrons. The van der Waals surface area contributed by atoms with Gasteiger partial charge in [0, 0.05) is 5.70 Å². The van der Waals surface area contributed by atoms with Crippen molar-refractivity contribution in [2.75, 3.05) is 7.11 Å². The summed E-state index contributed by atoms with van der Waals surface area (Å²) in [5, 5.41) is 26.7. The van der Waals surface area contributed by atoms with Gasteiger partial charge in [-0.05, 0) is 52.6 Å². The van der Waals surface area contributed by atoms with Crippen molar-refractivity contribution in [1.82, 2.24) is 10.7 Å². The number of nitriles is 1. The Morgan fingerprint density at radius 1 is 1.03 bits per heavy atom. The zero-order valence-corrected chi connectivity index (χ0v) is 18.4. The zero-order chi connectivity index (χ0) is 23.9. The number of dihydropyridines is 1. The lowest BCUT2D eigenvalue weighted by Gasteiger charge is -2.26. The molecular weight excluding hydrogens is 428 g/mol. The van der Waals surface area contributed by atoms with Crippen molar-refractivity contribution in [2.24, 2.45) is 5.10 Å². The Bertz CT molecular complexity index is 1300. The van der Waals surface area contributed by atoms with E-state index in [1.807, 2.05) is 84.9 Å². The van der Waals surface area contributed by atoms with Gasteiger partial charge in [0.2, 0.25) is 0 Å². The summed E-state index contributed by atoms with van der Waals surface area (Å²) in [5.41, 5.74) is 7.15. The number of ether oxygens (including phenoxy) is 1. The first kappa shape index (κ1) is 22.4. The van der Waals surface area contributed by atoms with E-state index < -0.39 is 12.1 Å². The third-order valence-corrected chi connectivity index (χ3v) is 5.35. The van der Waals surface area contributed by atoms with Gasteiger partial charge in [-0.15, -0.1) is 0 Å². The molecule has 3 aromatic rings. The summed E-state index contributed by atoms with van der Waals surface area (Å²) in [6.07, 6.45) is 2.26. The van der Waals surface area contributed by atoms with E-state index in [9.17, 15) is 15.2 Å². The van der Waals surface area contributed by atoms with Crippen LogP contribution in [0.3, 0.4) is 0 Å². The van der Waals surface area contributed by atoms with Crippen LogP contribution < -0.4 is 15.5 Å². The molecule has 0 radical (unpaired) electrons.